The van der Waals surface area contributed by atoms with Gasteiger partial charge >= 0.3 is 0 Å². The topological polar surface area (TPSA) is 63.5 Å². The second kappa shape index (κ2) is 7.84. The lowest BCUT2D eigenvalue weighted by Crippen LogP contribution is -2.28. The van der Waals surface area contributed by atoms with E-state index in [9.17, 15) is 9.59 Å². The first kappa shape index (κ1) is 17.7. The van der Waals surface area contributed by atoms with Crippen molar-refractivity contribution in [3.63, 3.8) is 0 Å². The lowest BCUT2D eigenvalue weighted by atomic mass is 10.1. The van der Waals surface area contributed by atoms with E-state index in [1.54, 1.807) is 10.5 Å². The summed E-state index contributed by atoms with van der Waals surface area (Å²) in [7, 11) is 0. The summed E-state index contributed by atoms with van der Waals surface area (Å²) in [5, 5.41) is 4.90. The van der Waals surface area contributed by atoms with E-state index in [2.05, 4.69) is 10.3 Å². The number of fused-ring (bicyclic) bond motifs is 1. The molecule has 1 N–H and O–H groups in total. The molecule has 3 aromatic rings. The number of amides is 1. The van der Waals surface area contributed by atoms with Gasteiger partial charge in [-0.05, 0) is 19.4 Å². The molecule has 2 aromatic heterocycles. The highest BCUT2D eigenvalue weighted by atomic mass is 32.2. The van der Waals surface area contributed by atoms with Crippen LogP contribution in [0, 0.1) is 6.92 Å². The molecule has 3 rings (SSSR count). The number of nitrogens with zero attached hydrogens (tertiary/aromatic N) is 2. The molecule has 1 atom stereocenters. The Balaban J connectivity index is 1.54. The first-order valence-corrected chi connectivity index (χ1v) is 9.97. The molecule has 5 nitrogen and oxygen atoms in total. The van der Waals surface area contributed by atoms with Crippen LogP contribution in [0.4, 0.5) is 0 Å². The number of hydrogen-bond donors (Lipinski definition) is 1. The summed E-state index contributed by atoms with van der Waals surface area (Å²) in [6.07, 6.45) is 0. The Morgan fingerprint density at radius 3 is 2.88 bits per heavy atom. The molecule has 7 heteroatoms. The largest absolute Gasteiger partial charge is 0.349 e. The predicted molar refractivity (Wildman–Crippen MR) is 103 cm³/mol. The smallest absolute Gasteiger partial charge is 0.258 e. The summed E-state index contributed by atoms with van der Waals surface area (Å²) in [5.41, 5.74) is 2.61. The van der Waals surface area contributed by atoms with Crippen LogP contribution in [0.3, 0.4) is 0 Å². The van der Waals surface area contributed by atoms with Crippen molar-refractivity contribution in [2.75, 3.05) is 5.75 Å². The second-order valence-corrected chi connectivity index (χ2v) is 7.60. The van der Waals surface area contributed by atoms with Gasteiger partial charge in [0.1, 0.15) is 0 Å². The lowest BCUT2D eigenvalue weighted by Gasteiger charge is -2.14. The van der Waals surface area contributed by atoms with Crippen molar-refractivity contribution >= 4 is 34.0 Å². The van der Waals surface area contributed by atoms with Crippen molar-refractivity contribution in [2.24, 2.45) is 0 Å². The van der Waals surface area contributed by atoms with E-state index in [4.69, 9.17) is 0 Å². The zero-order chi connectivity index (χ0) is 17.8. The van der Waals surface area contributed by atoms with E-state index in [0.717, 1.165) is 11.3 Å². The minimum absolute atomic E-state index is 0.0221. The molecule has 25 heavy (non-hydrogen) atoms. The molecule has 130 valence electrons. The molecule has 0 radical (unpaired) electrons. The van der Waals surface area contributed by atoms with Crippen LogP contribution in [0.2, 0.25) is 0 Å². The van der Waals surface area contributed by atoms with Crippen LogP contribution in [-0.4, -0.2) is 21.0 Å². The molecule has 2 heterocycles. The SMILES string of the molecule is Cc1csc2nc(CSCC(=O)NC(C)c3ccccc3)cc(=O)n12. The Morgan fingerprint density at radius 2 is 2.12 bits per heavy atom. The highest BCUT2D eigenvalue weighted by Crippen LogP contribution is 2.15. The fraction of sp³-hybridized carbons (Fsp3) is 0.278. The van der Waals surface area contributed by atoms with Gasteiger partial charge in [0, 0.05) is 22.9 Å². The van der Waals surface area contributed by atoms with E-state index in [-0.39, 0.29) is 17.5 Å². The predicted octanol–water partition coefficient (Wildman–Crippen LogP) is 3.18. The van der Waals surface area contributed by atoms with E-state index in [1.165, 1.54) is 23.1 Å². The van der Waals surface area contributed by atoms with Crippen LogP contribution >= 0.6 is 23.1 Å². The van der Waals surface area contributed by atoms with Gasteiger partial charge in [-0.15, -0.1) is 23.1 Å². The number of aromatic nitrogens is 2. The van der Waals surface area contributed by atoms with Gasteiger partial charge in [0.05, 0.1) is 17.5 Å². The Kier molecular flexibility index (Phi) is 5.55. The zero-order valence-corrected chi connectivity index (χ0v) is 15.7. The van der Waals surface area contributed by atoms with E-state index in [0.29, 0.717) is 22.2 Å². The molecule has 0 aliphatic rings. The van der Waals surface area contributed by atoms with Crippen LogP contribution in [0.15, 0.2) is 46.6 Å². The summed E-state index contributed by atoms with van der Waals surface area (Å²) in [5.74, 6) is 0.850. The van der Waals surface area contributed by atoms with Gasteiger partial charge in [0.2, 0.25) is 5.91 Å². The molecule has 0 aliphatic heterocycles. The van der Waals surface area contributed by atoms with Crippen molar-refractivity contribution in [3.05, 3.63) is 69.1 Å². The van der Waals surface area contributed by atoms with Crippen molar-refractivity contribution in [3.8, 4) is 0 Å². The minimum atomic E-state index is -0.0681. The van der Waals surface area contributed by atoms with Crippen LogP contribution < -0.4 is 10.9 Å². The van der Waals surface area contributed by atoms with Gasteiger partial charge in [-0.25, -0.2) is 4.98 Å². The average Bonchev–Trinajstić information content (AvgIpc) is 2.97. The molecule has 0 bridgehead atoms. The van der Waals surface area contributed by atoms with Crippen molar-refractivity contribution in [1.82, 2.24) is 14.7 Å². The third-order valence-electron chi connectivity index (χ3n) is 3.79. The van der Waals surface area contributed by atoms with Gasteiger partial charge in [0.25, 0.3) is 5.56 Å². The summed E-state index contributed by atoms with van der Waals surface area (Å²) >= 11 is 2.91. The Morgan fingerprint density at radius 1 is 1.36 bits per heavy atom. The number of benzene rings is 1. The number of nitrogens with one attached hydrogen (secondary N) is 1. The lowest BCUT2D eigenvalue weighted by molar-refractivity contribution is -0.119. The number of thiazole rings is 1. The van der Waals surface area contributed by atoms with Gasteiger partial charge in [0.15, 0.2) is 4.96 Å². The maximum absolute atomic E-state index is 12.1. The van der Waals surface area contributed by atoms with Crippen molar-refractivity contribution < 1.29 is 4.79 Å². The molecule has 0 saturated carbocycles. The maximum Gasteiger partial charge on any atom is 0.258 e. The van der Waals surface area contributed by atoms with Crippen LogP contribution in [-0.2, 0) is 10.5 Å². The van der Waals surface area contributed by atoms with Crippen LogP contribution in [0.1, 0.15) is 29.9 Å². The molecule has 0 spiro atoms. The first-order chi connectivity index (χ1) is 12.0. The number of carbonyl (C=O) groups excluding carboxylic acids is 1. The van der Waals surface area contributed by atoms with Gasteiger partial charge in [-0.2, -0.15) is 0 Å². The third-order valence-corrected chi connectivity index (χ3v) is 5.70. The first-order valence-electron chi connectivity index (χ1n) is 7.93. The number of hydrogen-bond acceptors (Lipinski definition) is 5. The summed E-state index contributed by atoms with van der Waals surface area (Å²) in [6.45, 7) is 3.85. The monoisotopic (exact) mass is 373 g/mol. The summed E-state index contributed by atoms with van der Waals surface area (Å²) < 4.78 is 1.60. The third kappa shape index (κ3) is 4.29. The minimum Gasteiger partial charge on any atom is -0.349 e. The number of carbonyl (C=O) groups is 1. The van der Waals surface area contributed by atoms with Gasteiger partial charge in [-0.3, -0.25) is 14.0 Å². The summed E-state index contributed by atoms with van der Waals surface area (Å²) in [4.78, 5) is 29.4. The Bertz CT molecular complexity index is 934. The average molecular weight is 374 g/mol. The van der Waals surface area contributed by atoms with Gasteiger partial charge < -0.3 is 5.32 Å². The number of rotatable bonds is 6. The molecule has 1 aromatic carbocycles. The van der Waals surface area contributed by atoms with Crippen molar-refractivity contribution in [1.29, 1.82) is 0 Å². The second-order valence-electron chi connectivity index (χ2n) is 5.77. The van der Waals surface area contributed by atoms with E-state index >= 15 is 0 Å². The Hall–Kier alpha value is -2.12. The zero-order valence-electron chi connectivity index (χ0n) is 14.1. The van der Waals surface area contributed by atoms with E-state index < -0.39 is 0 Å². The molecular formula is C18H19N3O2S2. The summed E-state index contributed by atoms with van der Waals surface area (Å²) in [6, 6.07) is 11.4. The van der Waals surface area contributed by atoms with Crippen LogP contribution in [0.5, 0.6) is 0 Å². The molecule has 1 unspecified atom stereocenters. The Labute approximate surface area is 154 Å². The van der Waals surface area contributed by atoms with Gasteiger partial charge in [-0.1, -0.05) is 30.3 Å². The fourth-order valence-electron chi connectivity index (χ4n) is 2.53. The maximum atomic E-state index is 12.1. The molecular weight excluding hydrogens is 354 g/mol. The quantitative estimate of drug-likeness (QED) is 0.721. The number of aryl methyl sites for hydroxylation is 1. The molecule has 0 fully saturated rings. The molecule has 0 saturated heterocycles. The van der Waals surface area contributed by atoms with Crippen LogP contribution in [0.25, 0.3) is 4.96 Å². The van der Waals surface area contributed by atoms with E-state index in [1.807, 2.05) is 49.6 Å². The standard InChI is InChI=1S/C18H19N3O2S2/c1-12-9-25-18-20-15(8-17(23)21(12)18)10-24-11-16(22)19-13(2)14-6-4-3-5-7-14/h3-9,13H,10-11H2,1-2H3,(H,19,22). The molecule has 1 amide bonds. The highest BCUT2D eigenvalue weighted by molar-refractivity contribution is 7.99. The number of thioether (sulfide) groups is 1. The highest BCUT2D eigenvalue weighted by Gasteiger charge is 2.10. The van der Waals surface area contributed by atoms with Crippen molar-refractivity contribution in [2.45, 2.75) is 25.6 Å². The molecule has 0 aliphatic carbocycles. The fourth-order valence-corrected chi connectivity index (χ4v) is 4.15. The normalized spacial score (nSPS) is 12.2.